The summed E-state index contributed by atoms with van der Waals surface area (Å²) in [7, 11) is 3.46. The van der Waals surface area contributed by atoms with E-state index in [0.717, 1.165) is 22.2 Å². The van der Waals surface area contributed by atoms with Crippen LogP contribution in [0.3, 0.4) is 0 Å². The molecule has 0 unspecified atom stereocenters. The van der Waals surface area contributed by atoms with Crippen molar-refractivity contribution in [2.75, 3.05) is 0 Å². The first kappa shape index (κ1) is 19.7. The summed E-state index contributed by atoms with van der Waals surface area (Å²) in [5.74, 6) is -0.133. The Kier molecular flexibility index (Phi) is 4.59. The molecule has 5 nitrogen and oxygen atoms in total. The molecule has 0 saturated heterocycles. The van der Waals surface area contributed by atoms with Crippen molar-refractivity contribution in [3.8, 4) is 17.0 Å². The third kappa shape index (κ3) is 2.90. The van der Waals surface area contributed by atoms with E-state index in [0.29, 0.717) is 21.9 Å². The second-order valence-corrected chi connectivity index (χ2v) is 7.80. The molecule has 32 heavy (non-hydrogen) atoms. The zero-order valence-corrected chi connectivity index (χ0v) is 17.7. The lowest BCUT2D eigenvalue weighted by Gasteiger charge is -2.14. The predicted octanol–water partition coefficient (Wildman–Crippen LogP) is 1.59. The molecule has 0 N–H and O–H groups in total. The SMILES string of the molecule is Cn1c2cccccc-2c(C(c2ccc([O-])cc2)=c2c(=O)n(C)c3[c-]2C=CC=CC=3)c1=O. The molecule has 5 heteroatoms. The molecule has 2 aliphatic carbocycles. The molecule has 2 heterocycles. The topological polar surface area (TPSA) is 67.1 Å². The summed E-state index contributed by atoms with van der Waals surface area (Å²) in [5.41, 5.74) is 3.53. The van der Waals surface area contributed by atoms with Gasteiger partial charge >= 0.3 is 0 Å². The number of benzene rings is 1. The maximum absolute atomic E-state index is 13.5. The van der Waals surface area contributed by atoms with Gasteiger partial charge in [0.05, 0.1) is 5.69 Å². The van der Waals surface area contributed by atoms with Gasteiger partial charge in [-0.1, -0.05) is 71.3 Å². The van der Waals surface area contributed by atoms with E-state index in [1.54, 1.807) is 35.4 Å². The highest BCUT2D eigenvalue weighted by molar-refractivity contribution is 5.89. The third-order valence-electron chi connectivity index (χ3n) is 5.97. The number of aromatic nitrogens is 2. The van der Waals surface area contributed by atoms with Crippen LogP contribution in [-0.4, -0.2) is 9.13 Å². The van der Waals surface area contributed by atoms with E-state index in [-0.39, 0.29) is 16.9 Å². The number of nitrogens with zero attached hydrogens (tertiary/aromatic N) is 2. The van der Waals surface area contributed by atoms with Crippen LogP contribution in [0.5, 0.6) is 5.75 Å². The van der Waals surface area contributed by atoms with Crippen molar-refractivity contribution in [3.63, 3.8) is 0 Å². The van der Waals surface area contributed by atoms with Crippen molar-refractivity contribution in [1.29, 1.82) is 0 Å². The maximum Gasteiger partial charge on any atom is 0.251 e. The van der Waals surface area contributed by atoms with Gasteiger partial charge in [0.1, 0.15) is 0 Å². The average Bonchev–Trinajstić information content (AvgIpc) is 3.04. The molecular weight excluding hydrogens is 400 g/mol. The molecule has 0 bridgehead atoms. The van der Waals surface area contributed by atoms with Crippen molar-refractivity contribution in [2.45, 2.75) is 0 Å². The average molecular weight is 420 g/mol. The molecule has 5 rings (SSSR count). The quantitative estimate of drug-likeness (QED) is 0.463. The van der Waals surface area contributed by atoms with Crippen LogP contribution in [0, 0.1) is 0 Å². The number of hydrogen-bond acceptors (Lipinski definition) is 3. The van der Waals surface area contributed by atoms with Crippen molar-refractivity contribution in [3.05, 3.63) is 121 Å². The van der Waals surface area contributed by atoms with Gasteiger partial charge in [-0.15, -0.1) is 30.1 Å². The monoisotopic (exact) mass is 420 g/mol. The molecular formula is C27H20N2O3-2. The van der Waals surface area contributed by atoms with Crippen LogP contribution in [-0.2, 0) is 14.1 Å². The van der Waals surface area contributed by atoms with Crippen LogP contribution in [0.15, 0.2) is 82.4 Å². The van der Waals surface area contributed by atoms with Crippen LogP contribution in [0.2, 0.25) is 0 Å². The molecule has 0 atom stereocenters. The van der Waals surface area contributed by atoms with Gasteiger partial charge in [0.2, 0.25) is 0 Å². The summed E-state index contributed by atoms with van der Waals surface area (Å²) < 4.78 is 3.20. The Hall–Kier alpha value is -4.25. The summed E-state index contributed by atoms with van der Waals surface area (Å²) in [4.78, 5) is 27.1. The van der Waals surface area contributed by atoms with Crippen LogP contribution >= 0.6 is 0 Å². The lowest BCUT2D eigenvalue weighted by atomic mass is 9.93. The molecule has 3 aliphatic rings. The van der Waals surface area contributed by atoms with Gasteiger partial charge in [-0.3, -0.25) is 4.79 Å². The Labute approximate surface area is 184 Å². The van der Waals surface area contributed by atoms with Gasteiger partial charge in [-0.25, -0.2) is 0 Å². The first-order valence-electron chi connectivity index (χ1n) is 10.3. The second-order valence-electron chi connectivity index (χ2n) is 7.80. The van der Waals surface area contributed by atoms with E-state index in [9.17, 15) is 14.7 Å². The van der Waals surface area contributed by atoms with Gasteiger partial charge in [-0.05, 0) is 16.6 Å². The van der Waals surface area contributed by atoms with Gasteiger partial charge in [0, 0.05) is 25.2 Å². The smallest absolute Gasteiger partial charge is 0.251 e. The van der Waals surface area contributed by atoms with Crippen molar-refractivity contribution < 1.29 is 5.11 Å². The second kappa shape index (κ2) is 7.46. The van der Waals surface area contributed by atoms with Gasteiger partial charge in [-0.2, -0.15) is 0 Å². The molecule has 1 aromatic carbocycles. The van der Waals surface area contributed by atoms with Crippen molar-refractivity contribution in [1.82, 2.24) is 9.13 Å². The molecule has 0 fully saturated rings. The van der Waals surface area contributed by atoms with E-state index in [2.05, 4.69) is 0 Å². The van der Waals surface area contributed by atoms with E-state index in [4.69, 9.17) is 0 Å². The maximum atomic E-state index is 13.5. The Morgan fingerprint density at radius 3 is 2.38 bits per heavy atom. The first-order chi connectivity index (χ1) is 15.5. The van der Waals surface area contributed by atoms with E-state index < -0.39 is 0 Å². The minimum Gasteiger partial charge on any atom is -0.872 e. The lowest BCUT2D eigenvalue weighted by molar-refractivity contribution is -0.268. The van der Waals surface area contributed by atoms with Gasteiger partial charge in [0.25, 0.3) is 5.56 Å². The zero-order chi connectivity index (χ0) is 22.4. The Morgan fingerprint density at radius 2 is 1.59 bits per heavy atom. The predicted molar refractivity (Wildman–Crippen MR) is 125 cm³/mol. The first-order valence-corrected chi connectivity index (χ1v) is 10.3. The van der Waals surface area contributed by atoms with Crippen molar-refractivity contribution >= 4 is 17.7 Å². The number of allylic oxidation sites excluding steroid dienone is 3. The molecule has 0 saturated carbocycles. The summed E-state index contributed by atoms with van der Waals surface area (Å²) in [6.07, 6.45) is 9.44. The molecule has 0 spiro atoms. The largest absolute Gasteiger partial charge is 0.872 e. The summed E-state index contributed by atoms with van der Waals surface area (Å²) in [6.45, 7) is 0. The highest BCUT2D eigenvalue weighted by atomic mass is 16.3. The molecule has 2 aromatic rings. The standard InChI is InChI=1S/C27H21N2O3/c1-28-21-11-7-3-5-9-19(21)24(26(28)31)23(17-13-15-18(30)16-14-17)25-20-10-6-4-8-12-22(20)29(2)27(25)32/h3-16,30H,1-2H3/q-1/p-1. The summed E-state index contributed by atoms with van der Waals surface area (Å²) >= 11 is 0. The van der Waals surface area contributed by atoms with E-state index in [1.807, 2.05) is 60.7 Å². The Morgan fingerprint density at radius 1 is 0.844 bits per heavy atom. The number of fused-ring (bicyclic) bond motifs is 2. The zero-order valence-electron chi connectivity index (χ0n) is 17.7. The highest BCUT2D eigenvalue weighted by Crippen LogP contribution is 2.31. The van der Waals surface area contributed by atoms with E-state index >= 15 is 0 Å². The van der Waals surface area contributed by atoms with Crippen molar-refractivity contribution in [2.24, 2.45) is 14.1 Å². The fraction of sp³-hybridized carbons (Fsp3) is 0.0741. The van der Waals surface area contributed by atoms with Crippen LogP contribution in [0.4, 0.5) is 0 Å². The molecule has 158 valence electrons. The third-order valence-corrected chi connectivity index (χ3v) is 5.97. The lowest BCUT2D eigenvalue weighted by Crippen LogP contribution is -2.32. The van der Waals surface area contributed by atoms with Gasteiger partial charge in [0.15, 0.2) is 5.56 Å². The molecule has 0 amide bonds. The van der Waals surface area contributed by atoms with Crippen LogP contribution in [0.1, 0.15) is 16.7 Å². The minimum atomic E-state index is -0.191. The summed E-state index contributed by atoms with van der Waals surface area (Å²) in [6, 6.07) is 15.7. The Balaban J connectivity index is 2.06. The van der Waals surface area contributed by atoms with Crippen LogP contribution in [0.25, 0.3) is 29.0 Å². The molecule has 1 aliphatic heterocycles. The highest BCUT2D eigenvalue weighted by Gasteiger charge is 2.21. The van der Waals surface area contributed by atoms with E-state index in [1.165, 1.54) is 12.1 Å². The van der Waals surface area contributed by atoms with Crippen LogP contribution < -0.4 is 26.8 Å². The summed E-state index contributed by atoms with van der Waals surface area (Å²) in [5, 5.41) is 13.0. The fourth-order valence-corrected chi connectivity index (χ4v) is 4.39. The fourth-order valence-electron chi connectivity index (χ4n) is 4.39. The normalized spacial score (nSPS) is 13.6. The molecule has 1 aromatic heterocycles. The Bertz CT molecular complexity index is 1620. The van der Waals surface area contributed by atoms with Gasteiger partial charge < -0.3 is 19.0 Å². The molecule has 0 radical (unpaired) electrons. The number of rotatable bonds is 2. The number of hydrogen-bond donors (Lipinski definition) is 0. The minimum absolute atomic E-state index is 0.133.